The summed E-state index contributed by atoms with van der Waals surface area (Å²) in [5.41, 5.74) is 0.355. The highest BCUT2D eigenvalue weighted by atomic mass is 19.4. The summed E-state index contributed by atoms with van der Waals surface area (Å²) in [7, 11) is 0. The number of ether oxygens (including phenoxy) is 2. The van der Waals surface area contributed by atoms with Crippen molar-refractivity contribution < 1.29 is 58.2 Å². The first-order valence-electron chi connectivity index (χ1n) is 10.6. The molecule has 0 aromatic heterocycles. The number of esters is 1. The largest absolute Gasteiger partial charge is 0.487 e. The highest BCUT2D eigenvalue weighted by Crippen LogP contribution is 2.48. The van der Waals surface area contributed by atoms with E-state index in [0.29, 0.717) is 11.6 Å². The second-order valence-corrected chi connectivity index (χ2v) is 7.84. The Labute approximate surface area is 214 Å². The quantitative estimate of drug-likeness (QED) is 0.126. The molecule has 3 rings (SSSR count). The van der Waals surface area contributed by atoms with Gasteiger partial charge in [0.15, 0.2) is 6.61 Å². The van der Waals surface area contributed by atoms with Crippen molar-refractivity contribution in [3.05, 3.63) is 95.1 Å². The summed E-state index contributed by atoms with van der Waals surface area (Å²) < 4.78 is 140. The van der Waals surface area contributed by atoms with E-state index in [1.165, 1.54) is 36.4 Å². The molecule has 0 aliphatic carbocycles. The zero-order valence-corrected chi connectivity index (χ0v) is 19.1. The molecule has 0 atom stereocenters. The lowest BCUT2D eigenvalue weighted by Crippen LogP contribution is -2.59. The Bertz CT molecular complexity index is 1360. The van der Waals surface area contributed by atoms with Gasteiger partial charge in [-0.15, -0.1) is 0 Å². The van der Waals surface area contributed by atoms with Crippen LogP contribution in [-0.2, 0) is 0 Å². The monoisotopic (exact) mass is 564 g/mol. The first kappa shape index (κ1) is 29.3. The third-order valence-electron chi connectivity index (χ3n) is 4.94. The Hall–Kier alpha value is -4.21. The van der Waals surface area contributed by atoms with Crippen LogP contribution >= 0.6 is 0 Å². The predicted octanol–water partition coefficient (Wildman–Crippen LogP) is 7.13. The molecule has 0 radical (unpaired) electrons. The lowest BCUT2D eigenvalue weighted by Gasteiger charge is -2.31. The molecule has 0 saturated carbocycles. The van der Waals surface area contributed by atoms with Gasteiger partial charge in [-0.25, -0.2) is 22.4 Å². The number of carbonyl (C=O) groups excluding carboxylic acids is 1. The Balaban J connectivity index is 1.60. The molecule has 0 bridgehead atoms. The maximum atomic E-state index is 13.6. The number of carbonyl (C=O) groups is 1. The molecular formula is C26H14F10O3. The summed E-state index contributed by atoms with van der Waals surface area (Å²) in [6.45, 7) is -2.29. The van der Waals surface area contributed by atoms with Crippen LogP contribution in [0.25, 0.3) is 0 Å². The minimum Gasteiger partial charge on any atom is -0.487 e. The van der Waals surface area contributed by atoms with E-state index in [2.05, 4.69) is 16.6 Å². The zero-order valence-electron chi connectivity index (χ0n) is 19.1. The second kappa shape index (κ2) is 11.3. The zero-order chi connectivity index (χ0) is 29.0. The Morgan fingerprint density at radius 3 is 1.67 bits per heavy atom. The molecule has 0 spiro atoms. The summed E-state index contributed by atoms with van der Waals surface area (Å²) in [5, 5.41) is 0. The van der Waals surface area contributed by atoms with Gasteiger partial charge in [0.1, 0.15) is 23.1 Å². The van der Waals surface area contributed by atoms with E-state index in [0.717, 1.165) is 24.3 Å². The maximum Gasteiger partial charge on any atom is 0.381 e. The van der Waals surface area contributed by atoms with Crippen LogP contribution in [0.4, 0.5) is 43.9 Å². The first-order chi connectivity index (χ1) is 18.1. The summed E-state index contributed by atoms with van der Waals surface area (Å²) in [4.78, 5) is 12.0. The molecule has 39 heavy (non-hydrogen) atoms. The van der Waals surface area contributed by atoms with Crippen LogP contribution < -0.4 is 9.47 Å². The second-order valence-electron chi connectivity index (χ2n) is 7.84. The van der Waals surface area contributed by atoms with Crippen molar-refractivity contribution in [3.63, 3.8) is 0 Å². The molecular weight excluding hydrogens is 550 g/mol. The minimum absolute atomic E-state index is 0.0467. The number of hydrogen-bond donors (Lipinski definition) is 0. The van der Waals surface area contributed by atoms with Gasteiger partial charge in [0.25, 0.3) is 0 Å². The highest BCUT2D eigenvalue weighted by molar-refractivity contribution is 5.91. The molecule has 0 N–H and O–H groups in total. The smallest absolute Gasteiger partial charge is 0.381 e. The lowest BCUT2D eigenvalue weighted by atomic mass is 10.1. The molecule has 0 unspecified atom stereocenters. The molecule has 206 valence electrons. The molecule has 0 heterocycles. The Morgan fingerprint density at radius 1 is 0.744 bits per heavy atom. The fraction of sp³-hybridized carbons (Fsp3) is 0.192. The van der Waals surface area contributed by atoms with Crippen molar-refractivity contribution >= 4 is 5.97 Å². The van der Waals surface area contributed by atoms with E-state index in [4.69, 9.17) is 4.74 Å². The fourth-order valence-electron chi connectivity index (χ4n) is 2.87. The molecule has 13 heteroatoms. The number of alkyl halides is 8. The van der Waals surface area contributed by atoms with Gasteiger partial charge >= 0.3 is 30.2 Å². The third kappa shape index (κ3) is 6.81. The molecule has 0 saturated heterocycles. The normalized spacial score (nSPS) is 12.1. The van der Waals surface area contributed by atoms with E-state index in [1.54, 1.807) is 0 Å². The molecule has 0 fully saturated rings. The van der Waals surface area contributed by atoms with Crippen LogP contribution in [0.3, 0.4) is 0 Å². The third-order valence-corrected chi connectivity index (χ3v) is 4.94. The van der Waals surface area contributed by atoms with Crippen LogP contribution in [0, 0.1) is 23.5 Å². The summed E-state index contributed by atoms with van der Waals surface area (Å²) in [5.74, 6) is -16.2. The van der Waals surface area contributed by atoms with Crippen LogP contribution in [0.2, 0.25) is 0 Å². The van der Waals surface area contributed by atoms with Crippen LogP contribution in [0.5, 0.6) is 11.5 Å². The SMILES string of the molecule is O=C(Oc1ccc(C#Cc2ccc(OCC(F)(F)C(F)(F)C(F)(F)C(F)F)cc2)cc1)c1cc(F)cc(F)c1. The van der Waals surface area contributed by atoms with Crippen molar-refractivity contribution in [3.8, 4) is 23.3 Å². The Kier molecular flexibility index (Phi) is 8.48. The van der Waals surface area contributed by atoms with E-state index < -0.39 is 54.2 Å². The van der Waals surface area contributed by atoms with Gasteiger partial charge in [0.2, 0.25) is 0 Å². The van der Waals surface area contributed by atoms with Gasteiger partial charge in [0.05, 0.1) is 5.56 Å². The van der Waals surface area contributed by atoms with Gasteiger partial charge in [0, 0.05) is 17.2 Å². The summed E-state index contributed by atoms with van der Waals surface area (Å²) in [6.07, 6.45) is -5.02. The van der Waals surface area contributed by atoms with Gasteiger partial charge in [-0.2, -0.15) is 26.3 Å². The molecule has 3 nitrogen and oxygen atoms in total. The average Bonchev–Trinajstić information content (AvgIpc) is 2.86. The minimum atomic E-state index is -6.37. The standard InChI is InChI=1S/C26H14F10O3/c27-18-11-17(12-19(28)13-18)22(37)39-21-9-5-16(6-10-21)2-1-15-3-7-20(8-4-15)38-14-24(31,32)26(35,36)25(33,34)23(29)30/h3-13,23H,14H2. The molecule has 0 amide bonds. The number of hydrogen-bond acceptors (Lipinski definition) is 3. The van der Waals surface area contributed by atoms with Crippen molar-refractivity contribution in [2.45, 2.75) is 24.2 Å². The molecule has 3 aromatic rings. The van der Waals surface area contributed by atoms with Gasteiger partial charge in [-0.05, 0) is 60.7 Å². The topological polar surface area (TPSA) is 35.5 Å². The molecule has 0 aliphatic rings. The molecule has 0 aliphatic heterocycles. The van der Waals surface area contributed by atoms with Crippen LogP contribution in [-0.4, -0.2) is 36.8 Å². The van der Waals surface area contributed by atoms with Crippen molar-refractivity contribution in [1.29, 1.82) is 0 Å². The maximum absolute atomic E-state index is 13.6. The van der Waals surface area contributed by atoms with Crippen molar-refractivity contribution in [2.75, 3.05) is 6.61 Å². The van der Waals surface area contributed by atoms with E-state index in [-0.39, 0.29) is 16.9 Å². The van der Waals surface area contributed by atoms with Gasteiger partial charge < -0.3 is 9.47 Å². The molecule has 3 aromatic carbocycles. The summed E-state index contributed by atoms with van der Waals surface area (Å²) in [6, 6.07) is 12.2. The van der Waals surface area contributed by atoms with Gasteiger partial charge in [-0.3, -0.25) is 0 Å². The number of benzene rings is 3. The average molecular weight is 564 g/mol. The van der Waals surface area contributed by atoms with Crippen LogP contribution in [0.1, 0.15) is 21.5 Å². The predicted molar refractivity (Wildman–Crippen MR) is 117 cm³/mol. The highest BCUT2D eigenvalue weighted by Gasteiger charge is 2.75. The van der Waals surface area contributed by atoms with Crippen molar-refractivity contribution in [1.82, 2.24) is 0 Å². The number of halogens is 10. The fourth-order valence-corrected chi connectivity index (χ4v) is 2.87. The van der Waals surface area contributed by atoms with Crippen LogP contribution in [0.15, 0.2) is 66.7 Å². The van der Waals surface area contributed by atoms with Gasteiger partial charge in [-0.1, -0.05) is 11.8 Å². The number of rotatable bonds is 8. The summed E-state index contributed by atoms with van der Waals surface area (Å²) >= 11 is 0. The Morgan fingerprint density at radius 2 is 1.21 bits per heavy atom. The lowest BCUT2D eigenvalue weighted by molar-refractivity contribution is -0.342. The van der Waals surface area contributed by atoms with Crippen molar-refractivity contribution in [2.24, 2.45) is 0 Å². The van der Waals surface area contributed by atoms with E-state index in [9.17, 15) is 48.7 Å². The van der Waals surface area contributed by atoms with E-state index in [1.807, 2.05) is 0 Å². The first-order valence-corrected chi connectivity index (χ1v) is 10.6. The van der Waals surface area contributed by atoms with E-state index >= 15 is 0 Å².